The van der Waals surface area contributed by atoms with Gasteiger partial charge in [0.05, 0.1) is 31.5 Å². The summed E-state index contributed by atoms with van der Waals surface area (Å²) in [7, 11) is 0. The topological polar surface area (TPSA) is 73.2 Å². The van der Waals surface area contributed by atoms with Gasteiger partial charge in [0, 0.05) is 29.9 Å². The van der Waals surface area contributed by atoms with E-state index in [-0.39, 0.29) is 5.91 Å². The van der Waals surface area contributed by atoms with E-state index >= 15 is 0 Å². The molecule has 0 atom stereocenters. The maximum Gasteiger partial charge on any atom is 0.244 e. The van der Waals surface area contributed by atoms with Crippen LogP contribution in [0.3, 0.4) is 0 Å². The first kappa shape index (κ1) is 13.9. The van der Waals surface area contributed by atoms with E-state index in [0.717, 1.165) is 11.1 Å². The molecule has 0 saturated heterocycles. The molecule has 0 saturated carbocycles. The number of carbonyl (C=O) groups excluding carboxylic acids is 1. The zero-order valence-corrected chi connectivity index (χ0v) is 11.8. The smallest absolute Gasteiger partial charge is 0.244 e. The highest BCUT2D eigenvalue weighted by atomic mass is 16.3. The van der Waals surface area contributed by atoms with Gasteiger partial charge in [0.25, 0.3) is 0 Å². The summed E-state index contributed by atoms with van der Waals surface area (Å²) >= 11 is 0. The Labute approximate surface area is 127 Å². The molecular weight excluding hydrogens is 282 g/mol. The third-order valence-corrected chi connectivity index (χ3v) is 3.07. The Balaban J connectivity index is 1.46. The summed E-state index contributed by atoms with van der Waals surface area (Å²) < 4.78 is 11.9. The fourth-order valence-electron chi connectivity index (χ4n) is 1.96. The second kappa shape index (κ2) is 6.62. The van der Waals surface area contributed by atoms with Crippen LogP contribution in [0.4, 0.5) is 0 Å². The van der Waals surface area contributed by atoms with Gasteiger partial charge < -0.3 is 14.2 Å². The molecular formula is C16H15N3O3. The van der Waals surface area contributed by atoms with Crippen molar-refractivity contribution in [2.75, 3.05) is 6.54 Å². The molecule has 0 fully saturated rings. The standard InChI is InChI=1S/C16H15N3O3/c20-16(4-3-15-2-1-8-22-15)17-6-7-19-11-14(10-18-19)13-5-9-21-12-13/h1-5,8-12H,6-7H2,(H,17,20)/b4-3+. The maximum absolute atomic E-state index is 11.6. The summed E-state index contributed by atoms with van der Waals surface area (Å²) in [5.41, 5.74) is 1.97. The first-order valence-corrected chi connectivity index (χ1v) is 6.86. The van der Waals surface area contributed by atoms with Gasteiger partial charge in [-0.1, -0.05) is 0 Å². The summed E-state index contributed by atoms with van der Waals surface area (Å²) in [5.74, 6) is 0.477. The van der Waals surface area contributed by atoms with Crippen LogP contribution >= 0.6 is 0 Å². The highest BCUT2D eigenvalue weighted by Gasteiger charge is 2.03. The SMILES string of the molecule is O=C(/C=C/c1ccco1)NCCn1cc(-c2ccoc2)cn1. The first-order chi connectivity index (χ1) is 10.8. The van der Waals surface area contributed by atoms with E-state index in [4.69, 9.17) is 8.83 Å². The van der Waals surface area contributed by atoms with Gasteiger partial charge in [-0.25, -0.2) is 0 Å². The Hall–Kier alpha value is -3.02. The fourth-order valence-corrected chi connectivity index (χ4v) is 1.96. The molecule has 0 unspecified atom stereocenters. The highest BCUT2D eigenvalue weighted by molar-refractivity contribution is 5.91. The molecule has 3 aromatic rings. The summed E-state index contributed by atoms with van der Waals surface area (Å²) in [4.78, 5) is 11.6. The first-order valence-electron chi connectivity index (χ1n) is 6.86. The molecule has 3 heterocycles. The van der Waals surface area contributed by atoms with Gasteiger partial charge in [-0.2, -0.15) is 5.10 Å². The molecule has 0 aliphatic carbocycles. The Morgan fingerprint density at radius 2 is 2.27 bits per heavy atom. The zero-order valence-electron chi connectivity index (χ0n) is 11.8. The molecule has 0 bridgehead atoms. The number of furan rings is 2. The van der Waals surface area contributed by atoms with E-state index < -0.39 is 0 Å². The Morgan fingerprint density at radius 3 is 3.05 bits per heavy atom. The number of amides is 1. The average molecular weight is 297 g/mol. The molecule has 6 nitrogen and oxygen atoms in total. The normalized spacial score (nSPS) is 11.1. The van der Waals surface area contributed by atoms with Gasteiger partial charge in [-0.05, 0) is 24.3 Å². The Kier molecular flexibility index (Phi) is 4.20. The number of hydrogen-bond donors (Lipinski definition) is 1. The molecule has 0 aromatic carbocycles. The van der Waals surface area contributed by atoms with Crippen molar-refractivity contribution in [2.45, 2.75) is 6.54 Å². The molecule has 22 heavy (non-hydrogen) atoms. The molecule has 112 valence electrons. The van der Waals surface area contributed by atoms with Crippen LogP contribution in [-0.2, 0) is 11.3 Å². The van der Waals surface area contributed by atoms with E-state index in [9.17, 15) is 4.79 Å². The predicted molar refractivity (Wildman–Crippen MR) is 80.7 cm³/mol. The number of nitrogens with one attached hydrogen (secondary N) is 1. The fraction of sp³-hybridized carbons (Fsp3) is 0.125. The van der Waals surface area contributed by atoms with E-state index in [1.165, 1.54) is 6.08 Å². The van der Waals surface area contributed by atoms with Gasteiger partial charge in [0.2, 0.25) is 5.91 Å². The van der Waals surface area contributed by atoms with Crippen LogP contribution in [0.1, 0.15) is 5.76 Å². The van der Waals surface area contributed by atoms with Crippen molar-refractivity contribution in [1.29, 1.82) is 0 Å². The minimum atomic E-state index is -0.168. The van der Waals surface area contributed by atoms with Crippen LogP contribution in [-0.4, -0.2) is 22.2 Å². The van der Waals surface area contributed by atoms with E-state index in [1.807, 2.05) is 12.3 Å². The summed E-state index contributed by atoms with van der Waals surface area (Å²) in [6, 6.07) is 5.43. The maximum atomic E-state index is 11.6. The monoisotopic (exact) mass is 297 g/mol. The third-order valence-electron chi connectivity index (χ3n) is 3.07. The molecule has 1 N–H and O–H groups in total. The zero-order chi connectivity index (χ0) is 15.2. The molecule has 3 aromatic heterocycles. The van der Waals surface area contributed by atoms with Crippen LogP contribution in [0, 0.1) is 0 Å². The number of rotatable bonds is 6. The van der Waals surface area contributed by atoms with Crippen molar-refractivity contribution in [3.05, 3.63) is 61.2 Å². The summed E-state index contributed by atoms with van der Waals surface area (Å²) in [5, 5.41) is 7.04. The van der Waals surface area contributed by atoms with Gasteiger partial charge in [-0.15, -0.1) is 0 Å². The second-order valence-corrected chi connectivity index (χ2v) is 4.64. The second-order valence-electron chi connectivity index (χ2n) is 4.64. The van der Waals surface area contributed by atoms with Crippen LogP contribution in [0.15, 0.2) is 64.3 Å². The van der Waals surface area contributed by atoms with Crippen molar-refractivity contribution in [3.8, 4) is 11.1 Å². The molecule has 3 rings (SSSR count). The lowest BCUT2D eigenvalue weighted by molar-refractivity contribution is -0.116. The molecule has 1 amide bonds. The lowest BCUT2D eigenvalue weighted by Gasteiger charge is -2.02. The largest absolute Gasteiger partial charge is 0.472 e. The molecule has 6 heteroatoms. The van der Waals surface area contributed by atoms with Crippen molar-refractivity contribution in [1.82, 2.24) is 15.1 Å². The van der Waals surface area contributed by atoms with E-state index in [0.29, 0.717) is 18.8 Å². The number of carbonyl (C=O) groups is 1. The molecule has 0 aliphatic rings. The van der Waals surface area contributed by atoms with E-state index in [1.54, 1.807) is 47.9 Å². The van der Waals surface area contributed by atoms with Crippen LogP contribution in [0.25, 0.3) is 17.2 Å². The van der Waals surface area contributed by atoms with Crippen molar-refractivity contribution in [2.24, 2.45) is 0 Å². The highest BCUT2D eigenvalue weighted by Crippen LogP contribution is 2.18. The number of hydrogen-bond acceptors (Lipinski definition) is 4. The lowest BCUT2D eigenvalue weighted by atomic mass is 10.2. The summed E-state index contributed by atoms with van der Waals surface area (Å²) in [6.07, 6.45) is 11.6. The number of aromatic nitrogens is 2. The van der Waals surface area contributed by atoms with Crippen LogP contribution in [0.2, 0.25) is 0 Å². The minimum absolute atomic E-state index is 0.168. The van der Waals surface area contributed by atoms with Gasteiger partial charge in [-0.3, -0.25) is 9.48 Å². The van der Waals surface area contributed by atoms with Gasteiger partial charge in [0.1, 0.15) is 5.76 Å². The number of nitrogens with zero attached hydrogens (tertiary/aromatic N) is 2. The van der Waals surface area contributed by atoms with Crippen LogP contribution in [0.5, 0.6) is 0 Å². The van der Waals surface area contributed by atoms with Gasteiger partial charge in [0.15, 0.2) is 0 Å². The quantitative estimate of drug-likeness (QED) is 0.710. The van der Waals surface area contributed by atoms with Crippen molar-refractivity contribution < 1.29 is 13.6 Å². The van der Waals surface area contributed by atoms with Crippen LogP contribution < -0.4 is 5.32 Å². The predicted octanol–water partition coefficient (Wildman–Crippen LogP) is 2.57. The molecule has 0 radical (unpaired) electrons. The molecule has 0 aliphatic heterocycles. The third kappa shape index (κ3) is 3.54. The van der Waals surface area contributed by atoms with Crippen molar-refractivity contribution in [3.63, 3.8) is 0 Å². The van der Waals surface area contributed by atoms with Crippen molar-refractivity contribution >= 4 is 12.0 Å². The van der Waals surface area contributed by atoms with Gasteiger partial charge >= 0.3 is 0 Å². The molecule has 0 spiro atoms. The average Bonchev–Trinajstić information content (AvgIpc) is 3.26. The Morgan fingerprint density at radius 1 is 1.32 bits per heavy atom. The Bertz CT molecular complexity index is 740. The minimum Gasteiger partial charge on any atom is -0.472 e. The van der Waals surface area contributed by atoms with E-state index in [2.05, 4.69) is 10.4 Å². The summed E-state index contributed by atoms with van der Waals surface area (Å²) in [6.45, 7) is 1.09. The lowest BCUT2D eigenvalue weighted by Crippen LogP contribution is -2.25.